The lowest BCUT2D eigenvalue weighted by Gasteiger charge is -2.18. The summed E-state index contributed by atoms with van der Waals surface area (Å²) in [5, 5.41) is 0. The number of hydrogen-bond donors (Lipinski definition) is 2. The van der Waals surface area contributed by atoms with E-state index < -0.39 is 13.9 Å². The molecule has 8 heteroatoms. The van der Waals surface area contributed by atoms with Crippen molar-refractivity contribution >= 4 is 13.8 Å². The van der Waals surface area contributed by atoms with E-state index in [1.807, 2.05) is 0 Å². The van der Waals surface area contributed by atoms with Crippen LogP contribution in [-0.4, -0.2) is 41.7 Å². The Labute approximate surface area is 290 Å². The molecule has 0 amide bonds. The van der Waals surface area contributed by atoms with Gasteiger partial charge >= 0.3 is 13.8 Å². The molecule has 0 saturated carbocycles. The minimum atomic E-state index is -4.65. The lowest BCUT2D eigenvalue weighted by molar-refractivity contribution is -0.154. The highest BCUT2D eigenvalue weighted by molar-refractivity contribution is 7.46. The highest BCUT2D eigenvalue weighted by Gasteiger charge is 2.21. The van der Waals surface area contributed by atoms with Gasteiger partial charge in [-0.25, -0.2) is 4.57 Å². The molecule has 1 atom stereocenters. The maximum atomic E-state index is 12.4. The van der Waals surface area contributed by atoms with Crippen LogP contribution in [0.4, 0.5) is 0 Å². The summed E-state index contributed by atoms with van der Waals surface area (Å²) in [6.45, 7) is 4.73. The van der Waals surface area contributed by atoms with E-state index in [1.54, 1.807) is 0 Å². The fraction of sp³-hybridized carbons (Fsp3) is 0.872. The molecular weight excluding hydrogens is 611 g/mol. The van der Waals surface area contributed by atoms with Crippen LogP contribution in [0.3, 0.4) is 0 Å². The molecule has 0 rings (SSSR count). The fourth-order valence-electron chi connectivity index (χ4n) is 5.59. The maximum Gasteiger partial charge on any atom is 0.469 e. The van der Waals surface area contributed by atoms with Crippen LogP contribution in [0, 0.1) is 0 Å². The second kappa shape index (κ2) is 36.3. The zero-order valence-corrected chi connectivity index (χ0v) is 31.6. The average Bonchev–Trinajstić information content (AvgIpc) is 3.04. The zero-order chi connectivity index (χ0) is 34.5. The zero-order valence-electron chi connectivity index (χ0n) is 30.7. The van der Waals surface area contributed by atoms with Crippen LogP contribution in [0.5, 0.6) is 0 Å². The molecule has 0 unspecified atom stereocenters. The van der Waals surface area contributed by atoms with Gasteiger partial charge in [0.2, 0.25) is 0 Å². The number of unbranched alkanes of at least 4 members (excludes halogenated alkanes) is 23. The van der Waals surface area contributed by atoms with Crippen LogP contribution in [-0.2, 0) is 23.4 Å². The number of rotatable bonds is 37. The Balaban J connectivity index is 3.82. The molecule has 0 aromatic heterocycles. The van der Waals surface area contributed by atoms with Gasteiger partial charge in [0.1, 0.15) is 6.10 Å². The molecule has 0 aliphatic carbocycles. The monoisotopic (exact) mass is 687 g/mol. The highest BCUT2D eigenvalue weighted by atomic mass is 31.2. The summed E-state index contributed by atoms with van der Waals surface area (Å²) < 4.78 is 26.9. The number of esters is 1. The quantitative estimate of drug-likeness (QED) is 0.0290. The molecule has 0 aromatic rings. The van der Waals surface area contributed by atoms with E-state index in [-0.39, 0.29) is 25.6 Å². The fourth-order valence-corrected chi connectivity index (χ4v) is 5.95. The van der Waals surface area contributed by atoms with Crippen molar-refractivity contribution < 1.29 is 33.1 Å². The molecule has 0 aliphatic heterocycles. The van der Waals surface area contributed by atoms with Crippen molar-refractivity contribution in [3.05, 3.63) is 24.3 Å². The Kier molecular flexibility index (Phi) is 35.5. The lowest BCUT2D eigenvalue weighted by Crippen LogP contribution is -2.28. The van der Waals surface area contributed by atoms with Gasteiger partial charge < -0.3 is 19.3 Å². The molecule has 0 saturated heterocycles. The van der Waals surface area contributed by atoms with Gasteiger partial charge in [0.25, 0.3) is 0 Å². The smallest absolute Gasteiger partial charge is 0.457 e. The summed E-state index contributed by atoms with van der Waals surface area (Å²) in [5.41, 5.74) is 0. The molecular formula is C39H75O7P. The number of allylic oxidation sites excluding steroid dienone is 4. The Morgan fingerprint density at radius 2 is 1.00 bits per heavy atom. The number of carbonyl (C=O) groups excluding carboxylic acids is 1. The molecule has 7 nitrogen and oxygen atoms in total. The molecule has 278 valence electrons. The number of hydrogen-bond acceptors (Lipinski definition) is 5. The SMILES string of the molecule is CCCCC/C=C\C/C=C\CCCCCCCC(=O)O[C@H](COCCCCCCCCCCCCCCCCCC)COP(=O)(O)O. The lowest BCUT2D eigenvalue weighted by atomic mass is 10.0. The van der Waals surface area contributed by atoms with Crippen LogP contribution < -0.4 is 0 Å². The van der Waals surface area contributed by atoms with Gasteiger partial charge in [-0.1, -0.05) is 167 Å². The first kappa shape index (κ1) is 46.0. The number of carbonyl (C=O) groups is 1. The second-order valence-corrected chi connectivity index (χ2v) is 14.5. The molecule has 0 heterocycles. The van der Waals surface area contributed by atoms with Crippen molar-refractivity contribution in [2.45, 2.75) is 200 Å². The van der Waals surface area contributed by atoms with E-state index in [0.717, 1.165) is 57.8 Å². The largest absolute Gasteiger partial charge is 0.469 e. The molecule has 47 heavy (non-hydrogen) atoms. The van der Waals surface area contributed by atoms with Gasteiger partial charge in [0.15, 0.2) is 0 Å². The van der Waals surface area contributed by atoms with Crippen LogP contribution in [0.1, 0.15) is 194 Å². The van der Waals surface area contributed by atoms with Crippen LogP contribution in [0.25, 0.3) is 0 Å². The number of ether oxygens (including phenoxy) is 2. The van der Waals surface area contributed by atoms with Crippen LogP contribution in [0.2, 0.25) is 0 Å². The van der Waals surface area contributed by atoms with Gasteiger partial charge in [-0.05, 0) is 44.9 Å². The van der Waals surface area contributed by atoms with Crippen molar-refractivity contribution in [3.8, 4) is 0 Å². The first-order chi connectivity index (χ1) is 22.9. The van der Waals surface area contributed by atoms with E-state index in [9.17, 15) is 9.36 Å². The highest BCUT2D eigenvalue weighted by Crippen LogP contribution is 2.36. The van der Waals surface area contributed by atoms with Crippen molar-refractivity contribution in [2.75, 3.05) is 19.8 Å². The van der Waals surface area contributed by atoms with Gasteiger partial charge in [0, 0.05) is 13.0 Å². The number of phosphoric acid groups is 1. The third-order valence-electron chi connectivity index (χ3n) is 8.50. The second-order valence-electron chi connectivity index (χ2n) is 13.3. The summed E-state index contributed by atoms with van der Waals surface area (Å²) in [7, 11) is -4.65. The predicted octanol–water partition coefficient (Wildman–Crippen LogP) is 12.1. The molecule has 0 bridgehead atoms. The minimum Gasteiger partial charge on any atom is -0.457 e. The third-order valence-corrected chi connectivity index (χ3v) is 8.99. The van der Waals surface area contributed by atoms with E-state index in [0.29, 0.717) is 6.61 Å². The van der Waals surface area contributed by atoms with Gasteiger partial charge in [-0.2, -0.15) is 0 Å². The summed E-state index contributed by atoms with van der Waals surface area (Å²) in [5.74, 6) is -0.374. The Bertz CT molecular complexity index is 764. The van der Waals surface area contributed by atoms with Gasteiger partial charge in [-0.3, -0.25) is 9.32 Å². The molecule has 0 spiro atoms. The molecule has 0 radical (unpaired) electrons. The Morgan fingerprint density at radius 3 is 1.51 bits per heavy atom. The summed E-state index contributed by atoms with van der Waals surface area (Å²) >= 11 is 0. The van der Waals surface area contributed by atoms with Gasteiger partial charge in [0.05, 0.1) is 13.2 Å². The molecule has 2 N–H and O–H groups in total. The molecule has 0 aromatic carbocycles. The van der Waals surface area contributed by atoms with Crippen molar-refractivity contribution in [3.63, 3.8) is 0 Å². The predicted molar refractivity (Wildman–Crippen MR) is 198 cm³/mol. The summed E-state index contributed by atoms with van der Waals surface area (Å²) in [6, 6.07) is 0. The normalized spacial score (nSPS) is 12.9. The summed E-state index contributed by atoms with van der Waals surface area (Å²) in [4.78, 5) is 30.5. The third kappa shape index (κ3) is 39.3. The van der Waals surface area contributed by atoms with Crippen molar-refractivity contribution in [1.82, 2.24) is 0 Å². The number of phosphoric ester groups is 1. The standard InChI is InChI=1S/C39H75O7P/c1-3-5-7-9-11-13-15-17-19-21-23-25-27-29-31-33-35-44-36-38(37-45-47(41,42)43)46-39(40)34-32-30-28-26-24-22-20-18-16-14-12-10-8-6-4-2/h12,14,18,20,38H,3-11,13,15-17,19,21-37H2,1-2H3,(H2,41,42,43)/b14-12-,20-18-/t38-/m1/s1. The van der Waals surface area contributed by atoms with E-state index >= 15 is 0 Å². The molecule has 0 fully saturated rings. The van der Waals surface area contributed by atoms with Gasteiger partial charge in [-0.15, -0.1) is 0 Å². The van der Waals surface area contributed by atoms with Crippen LogP contribution >= 0.6 is 7.82 Å². The minimum absolute atomic E-state index is 0.0760. The van der Waals surface area contributed by atoms with E-state index in [2.05, 4.69) is 42.7 Å². The Hall–Kier alpha value is -0.980. The maximum absolute atomic E-state index is 12.4. The topological polar surface area (TPSA) is 102 Å². The first-order valence-corrected chi connectivity index (χ1v) is 21.2. The first-order valence-electron chi connectivity index (χ1n) is 19.7. The summed E-state index contributed by atoms with van der Waals surface area (Å²) in [6.07, 6.45) is 41.6. The van der Waals surface area contributed by atoms with E-state index in [1.165, 1.54) is 116 Å². The van der Waals surface area contributed by atoms with E-state index in [4.69, 9.17) is 19.3 Å². The van der Waals surface area contributed by atoms with Crippen molar-refractivity contribution in [1.29, 1.82) is 0 Å². The molecule has 0 aliphatic rings. The average molecular weight is 687 g/mol. The van der Waals surface area contributed by atoms with Crippen molar-refractivity contribution in [2.24, 2.45) is 0 Å². The Morgan fingerprint density at radius 1 is 0.574 bits per heavy atom. The van der Waals surface area contributed by atoms with Crippen LogP contribution in [0.15, 0.2) is 24.3 Å².